The lowest BCUT2D eigenvalue weighted by molar-refractivity contribution is -0.147. The second kappa shape index (κ2) is 9.59. The Kier molecular flexibility index (Phi) is 7.43. The molecule has 0 heterocycles. The molecule has 0 saturated carbocycles. The van der Waals surface area contributed by atoms with E-state index in [0.29, 0.717) is 5.75 Å². The topological polar surface area (TPSA) is 64.6 Å². The summed E-state index contributed by atoms with van der Waals surface area (Å²) in [5, 5.41) is 2.81. The molecule has 0 atom stereocenters. The van der Waals surface area contributed by atoms with E-state index in [-0.39, 0.29) is 31.0 Å². The summed E-state index contributed by atoms with van der Waals surface area (Å²) in [6.45, 7) is 12.2. The lowest BCUT2D eigenvalue weighted by Gasteiger charge is -2.19. The van der Waals surface area contributed by atoms with E-state index in [1.54, 1.807) is 0 Å². The molecule has 0 fully saturated rings. The molecule has 5 nitrogen and oxygen atoms in total. The summed E-state index contributed by atoms with van der Waals surface area (Å²) in [6.07, 6.45) is 0.0802. The summed E-state index contributed by atoms with van der Waals surface area (Å²) in [5.74, 6) is -0.121. The first-order chi connectivity index (χ1) is 13.6. The minimum absolute atomic E-state index is 0.0802. The van der Waals surface area contributed by atoms with Crippen LogP contribution in [0.3, 0.4) is 0 Å². The molecule has 0 aliphatic carbocycles. The molecule has 0 spiro atoms. The maximum atomic E-state index is 12.1. The molecule has 5 heteroatoms. The molecule has 2 aromatic carbocycles. The second-order valence-corrected chi connectivity index (χ2v) is 8.36. The highest BCUT2D eigenvalue weighted by atomic mass is 16.5. The number of benzene rings is 2. The number of hydrogen-bond donors (Lipinski definition) is 1. The van der Waals surface area contributed by atoms with Crippen LogP contribution in [0.15, 0.2) is 36.4 Å². The lowest BCUT2D eigenvalue weighted by Crippen LogP contribution is -2.22. The highest BCUT2D eigenvalue weighted by Gasteiger charge is 2.14. The number of hydrogen-bond acceptors (Lipinski definition) is 4. The molecule has 0 saturated heterocycles. The van der Waals surface area contributed by atoms with E-state index in [1.807, 2.05) is 57.2 Å². The third-order valence-corrected chi connectivity index (χ3v) is 4.60. The van der Waals surface area contributed by atoms with Gasteiger partial charge in [0.25, 0.3) is 5.91 Å². The monoisotopic (exact) mass is 397 g/mol. The Balaban J connectivity index is 1.74. The Bertz CT molecular complexity index is 840. The zero-order valence-electron chi connectivity index (χ0n) is 18.2. The Morgan fingerprint density at radius 2 is 1.55 bits per heavy atom. The van der Waals surface area contributed by atoms with Crippen molar-refractivity contribution >= 4 is 17.6 Å². The number of carbonyl (C=O) groups is 2. The van der Waals surface area contributed by atoms with Gasteiger partial charge >= 0.3 is 5.97 Å². The van der Waals surface area contributed by atoms with Crippen molar-refractivity contribution in [3.8, 4) is 5.75 Å². The predicted molar refractivity (Wildman–Crippen MR) is 115 cm³/mol. The molecule has 0 aliphatic heterocycles. The Morgan fingerprint density at radius 3 is 2.10 bits per heavy atom. The number of rotatable bonds is 7. The SMILES string of the molecule is Cc1cc(C)c(NC(=O)COC(=O)CCOc2ccc(C(C)(C)C)cc2)c(C)c1. The van der Waals surface area contributed by atoms with Crippen LogP contribution in [-0.2, 0) is 19.7 Å². The first-order valence-electron chi connectivity index (χ1n) is 9.83. The van der Waals surface area contributed by atoms with Gasteiger partial charge in [-0.25, -0.2) is 0 Å². The van der Waals surface area contributed by atoms with Gasteiger partial charge in [0.05, 0.1) is 13.0 Å². The molecule has 0 unspecified atom stereocenters. The average molecular weight is 398 g/mol. The number of esters is 1. The van der Waals surface area contributed by atoms with Crippen molar-refractivity contribution in [1.29, 1.82) is 0 Å². The summed E-state index contributed by atoms with van der Waals surface area (Å²) >= 11 is 0. The van der Waals surface area contributed by atoms with Crippen molar-refractivity contribution in [1.82, 2.24) is 0 Å². The maximum Gasteiger partial charge on any atom is 0.309 e. The van der Waals surface area contributed by atoms with Crippen molar-refractivity contribution in [2.45, 2.75) is 53.4 Å². The van der Waals surface area contributed by atoms with Crippen LogP contribution in [0.5, 0.6) is 5.75 Å². The molecule has 0 aromatic heterocycles. The van der Waals surface area contributed by atoms with Gasteiger partial charge in [0.2, 0.25) is 0 Å². The zero-order chi connectivity index (χ0) is 21.6. The molecule has 2 rings (SSSR count). The fourth-order valence-corrected chi connectivity index (χ4v) is 3.07. The molecule has 156 valence electrons. The van der Waals surface area contributed by atoms with Gasteiger partial charge in [-0.05, 0) is 55.0 Å². The summed E-state index contributed by atoms with van der Waals surface area (Å²) in [7, 11) is 0. The van der Waals surface area contributed by atoms with Crippen LogP contribution in [0.25, 0.3) is 0 Å². The van der Waals surface area contributed by atoms with E-state index < -0.39 is 5.97 Å². The highest BCUT2D eigenvalue weighted by molar-refractivity contribution is 5.94. The third-order valence-electron chi connectivity index (χ3n) is 4.60. The number of aryl methyl sites for hydroxylation is 3. The number of amides is 1. The predicted octanol–water partition coefficient (Wildman–Crippen LogP) is 4.86. The van der Waals surface area contributed by atoms with Crippen molar-refractivity contribution in [3.63, 3.8) is 0 Å². The van der Waals surface area contributed by atoms with E-state index in [2.05, 4.69) is 26.1 Å². The van der Waals surface area contributed by atoms with Gasteiger partial charge in [-0.1, -0.05) is 50.6 Å². The molecule has 1 amide bonds. The van der Waals surface area contributed by atoms with Crippen LogP contribution in [0.1, 0.15) is 49.4 Å². The largest absolute Gasteiger partial charge is 0.493 e. The van der Waals surface area contributed by atoms with E-state index in [4.69, 9.17) is 9.47 Å². The molecule has 0 aliphatic rings. The number of carbonyl (C=O) groups excluding carboxylic acids is 2. The molecule has 2 aromatic rings. The van der Waals surface area contributed by atoms with Gasteiger partial charge in [-0.15, -0.1) is 0 Å². The van der Waals surface area contributed by atoms with Gasteiger partial charge in [0, 0.05) is 5.69 Å². The Morgan fingerprint density at radius 1 is 0.966 bits per heavy atom. The molecular weight excluding hydrogens is 366 g/mol. The summed E-state index contributed by atoms with van der Waals surface area (Å²) in [4.78, 5) is 24.0. The molecule has 0 radical (unpaired) electrons. The number of ether oxygens (including phenoxy) is 2. The van der Waals surface area contributed by atoms with Gasteiger partial charge in [-0.3, -0.25) is 9.59 Å². The Labute approximate surface area is 173 Å². The minimum Gasteiger partial charge on any atom is -0.493 e. The van der Waals surface area contributed by atoms with Crippen molar-refractivity contribution in [2.75, 3.05) is 18.5 Å². The van der Waals surface area contributed by atoms with Gasteiger partial charge in [0.15, 0.2) is 6.61 Å². The van der Waals surface area contributed by atoms with Crippen LogP contribution in [0.2, 0.25) is 0 Å². The second-order valence-electron chi connectivity index (χ2n) is 8.36. The van der Waals surface area contributed by atoms with Crippen LogP contribution in [0, 0.1) is 20.8 Å². The smallest absolute Gasteiger partial charge is 0.309 e. The zero-order valence-corrected chi connectivity index (χ0v) is 18.2. The van der Waals surface area contributed by atoms with Crippen LogP contribution in [0.4, 0.5) is 5.69 Å². The van der Waals surface area contributed by atoms with E-state index >= 15 is 0 Å². The van der Waals surface area contributed by atoms with Crippen LogP contribution in [-0.4, -0.2) is 25.1 Å². The number of nitrogens with one attached hydrogen (secondary N) is 1. The molecule has 29 heavy (non-hydrogen) atoms. The quantitative estimate of drug-likeness (QED) is 0.678. The number of anilines is 1. The normalized spacial score (nSPS) is 11.1. The van der Waals surface area contributed by atoms with Gasteiger partial charge in [-0.2, -0.15) is 0 Å². The first kappa shape index (κ1) is 22.5. The molecule has 0 bridgehead atoms. The van der Waals surface area contributed by atoms with Crippen molar-refractivity contribution in [3.05, 3.63) is 58.7 Å². The summed E-state index contributed by atoms with van der Waals surface area (Å²) in [5.41, 5.74) is 5.16. The fraction of sp³-hybridized carbons (Fsp3) is 0.417. The van der Waals surface area contributed by atoms with E-state index in [0.717, 1.165) is 22.4 Å². The fourth-order valence-electron chi connectivity index (χ4n) is 3.07. The lowest BCUT2D eigenvalue weighted by atomic mass is 9.87. The maximum absolute atomic E-state index is 12.1. The van der Waals surface area contributed by atoms with Gasteiger partial charge in [0.1, 0.15) is 5.75 Å². The van der Waals surface area contributed by atoms with Gasteiger partial charge < -0.3 is 14.8 Å². The minimum atomic E-state index is -0.469. The summed E-state index contributed by atoms with van der Waals surface area (Å²) in [6, 6.07) is 11.8. The highest BCUT2D eigenvalue weighted by Crippen LogP contribution is 2.24. The van der Waals surface area contributed by atoms with E-state index in [9.17, 15) is 9.59 Å². The molecule has 1 N–H and O–H groups in total. The van der Waals surface area contributed by atoms with E-state index in [1.165, 1.54) is 5.56 Å². The third kappa shape index (κ3) is 6.93. The van der Waals surface area contributed by atoms with Crippen LogP contribution < -0.4 is 10.1 Å². The van der Waals surface area contributed by atoms with Crippen molar-refractivity contribution < 1.29 is 19.1 Å². The standard InChI is InChI=1S/C24H31NO4/c1-16-13-17(2)23(18(3)14-16)25-21(26)15-29-22(27)11-12-28-20-9-7-19(8-10-20)24(4,5)6/h7-10,13-14H,11-12,15H2,1-6H3,(H,25,26). The first-order valence-corrected chi connectivity index (χ1v) is 9.83. The molecular formula is C24H31NO4. The van der Waals surface area contributed by atoms with Crippen molar-refractivity contribution in [2.24, 2.45) is 0 Å². The Hall–Kier alpha value is -2.82. The van der Waals surface area contributed by atoms with Crippen LogP contribution >= 0.6 is 0 Å². The summed E-state index contributed by atoms with van der Waals surface area (Å²) < 4.78 is 10.6. The average Bonchev–Trinajstić information content (AvgIpc) is 2.62.